The minimum absolute atomic E-state index is 0.0683. The quantitative estimate of drug-likeness (QED) is 0.615. The Morgan fingerprint density at radius 1 is 1.53 bits per heavy atom. The molecule has 19 heavy (non-hydrogen) atoms. The molecule has 0 atom stereocenters. The molecule has 1 aromatic carbocycles. The number of hydrogen-bond acceptors (Lipinski definition) is 3. The number of carbonyl (C=O) groups excluding carboxylic acids is 1. The molecular weight excluding hydrogens is 249 g/mol. The number of ether oxygens (including phenoxy) is 1. The lowest BCUT2D eigenvalue weighted by Gasteiger charge is -2.06. The summed E-state index contributed by atoms with van der Waals surface area (Å²) in [6, 6.07) is 3.99. The molecule has 2 N–H and O–H groups in total. The van der Waals surface area contributed by atoms with E-state index in [4.69, 9.17) is 9.84 Å². The van der Waals surface area contributed by atoms with Crippen molar-refractivity contribution in [3.63, 3.8) is 0 Å². The van der Waals surface area contributed by atoms with Crippen molar-refractivity contribution in [3.8, 4) is 11.8 Å². The van der Waals surface area contributed by atoms with Gasteiger partial charge >= 0.3 is 0 Å². The predicted octanol–water partition coefficient (Wildman–Crippen LogP) is 0.936. The first-order chi connectivity index (χ1) is 9.19. The Bertz CT molecular complexity index is 491. The van der Waals surface area contributed by atoms with E-state index in [1.54, 1.807) is 0 Å². The Morgan fingerprint density at radius 3 is 3.00 bits per heavy atom. The van der Waals surface area contributed by atoms with Gasteiger partial charge in [-0.1, -0.05) is 11.8 Å². The molecule has 0 saturated carbocycles. The average molecular weight is 265 g/mol. The van der Waals surface area contributed by atoms with E-state index >= 15 is 0 Å². The maximum absolute atomic E-state index is 13.5. The van der Waals surface area contributed by atoms with Crippen molar-refractivity contribution >= 4 is 5.91 Å². The first kappa shape index (κ1) is 15.2. The van der Waals surface area contributed by atoms with Crippen molar-refractivity contribution in [2.45, 2.75) is 6.92 Å². The van der Waals surface area contributed by atoms with Crippen LogP contribution < -0.4 is 5.32 Å². The number of aliphatic hydroxyl groups excluding tert-OH is 1. The van der Waals surface area contributed by atoms with Crippen molar-refractivity contribution in [3.05, 3.63) is 35.1 Å². The maximum Gasteiger partial charge on any atom is 0.254 e. The summed E-state index contributed by atoms with van der Waals surface area (Å²) >= 11 is 0. The molecule has 0 heterocycles. The molecule has 102 valence electrons. The van der Waals surface area contributed by atoms with Gasteiger partial charge in [-0.15, -0.1) is 0 Å². The molecule has 0 aliphatic carbocycles. The van der Waals surface area contributed by atoms with Crippen molar-refractivity contribution in [1.82, 2.24) is 5.32 Å². The number of nitrogens with one attached hydrogen (secondary N) is 1. The van der Waals surface area contributed by atoms with Crippen LogP contribution in [0.2, 0.25) is 0 Å². The van der Waals surface area contributed by atoms with Crippen LogP contribution in [0.4, 0.5) is 4.39 Å². The second-order valence-corrected chi connectivity index (χ2v) is 3.61. The summed E-state index contributed by atoms with van der Waals surface area (Å²) in [5.74, 6) is 3.95. The molecule has 0 unspecified atom stereocenters. The molecule has 1 rings (SSSR count). The van der Waals surface area contributed by atoms with Gasteiger partial charge in [-0.3, -0.25) is 4.79 Å². The Hall–Kier alpha value is -1.90. The van der Waals surface area contributed by atoms with Gasteiger partial charge in [0.25, 0.3) is 5.91 Å². The third kappa shape index (κ3) is 5.08. The van der Waals surface area contributed by atoms with Gasteiger partial charge in [0.1, 0.15) is 12.4 Å². The zero-order valence-corrected chi connectivity index (χ0v) is 10.7. The minimum atomic E-state index is -0.608. The molecule has 0 fully saturated rings. The van der Waals surface area contributed by atoms with Crippen molar-refractivity contribution in [1.29, 1.82) is 0 Å². The summed E-state index contributed by atoms with van der Waals surface area (Å²) in [5, 5.41) is 11.1. The van der Waals surface area contributed by atoms with Gasteiger partial charge in [-0.25, -0.2) is 4.39 Å². The van der Waals surface area contributed by atoms with Crippen LogP contribution in [0, 0.1) is 17.7 Å². The second kappa shape index (κ2) is 8.25. The summed E-state index contributed by atoms with van der Waals surface area (Å²) in [7, 11) is 0. The number of halogens is 1. The van der Waals surface area contributed by atoms with Crippen LogP contribution >= 0.6 is 0 Å². The molecule has 0 aliphatic heterocycles. The Labute approximate surface area is 111 Å². The van der Waals surface area contributed by atoms with Crippen molar-refractivity contribution in [2.24, 2.45) is 0 Å². The zero-order valence-electron chi connectivity index (χ0n) is 10.7. The highest BCUT2D eigenvalue weighted by atomic mass is 19.1. The molecule has 4 nitrogen and oxygen atoms in total. The number of hydrogen-bond donors (Lipinski definition) is 2. The fourth-order valence-corrected chi connectivity index (χ4v) is 1.39. The number of carbonyl (C=O) groups is 1. The molecule has 1 amide bonds. The highest BCUT2D eigenvalue weighted by Gasteiger charge is 2.11. The molecule has 0 bridgehead atoms. The summed E-state index contributed by atoms with van der Waals surface area (Å²) in [6.45, 7) is 2.83. The van der Waals surface area contributed by atoms with Crippen molar-refractivity contribution < 1.29 is 19.0 Å². The molecule has 0 aromatic heterocycles. The van der Waals surface area contributed by atoms with Crippen LogP contribution in [0.3, 0.4) is 0 Å². The van der Waals surface area contributed by atoms with E-state index in [2.05, 4.69) is 17.2 Å². The smallest absolute Gasteiger partial charge is 0.254 e. The van der Waals surface area contributed by atoms with E-state index in [0.717, 1.165) is 0 Å². The number of amides is 1. The first-order valence-electron chi connectivity index (χ1n) is 5.94. The largest absolute Gasteiger partial charge is 0.384 e. The highest BCUT2D eigenvalue weighted by molar-refractivity contribution is 5.94. The molecular formula is C14H16FNO3. The molecule has 1 aromatic rings. The standard InChI is InChI=1S/C14H16FNO3/c1-2-19-9-7-16-14(18)12-10-11(4-3-8-17)5-6-13(12)15/h5-6,10,17H,2,7-9H2,1H3,(H,16,18). The predicted molar refractivity (Wildman–Crippen MR) is 69.2 cm³/mol. The van der Waals surface area contributed by atoms with Crippen LogP contribution in [0.1, 0.15) is 22.8 Å². The van der Waals surface area contributed by atoms with Crippen LogP contribution in [-0.4, -0.2) is 37.4 Å². The minimum Gasteiger partial charge on any atom is -0.384 e. The van der Waals surface area contributed by atoms with Gasteiger partial charge in [0.05, 0.1) is 12.2 Å². The van der Waals surface area contributed by atoms with Gasteiger partial charge in [-0.2, -0.15) is 0 Å². The first-order valence-corrected chi connectivity index (χ1v) is 5.94. The lowest BCUT2D eigenvalue weighted by atomic mass is 10.1. The van der Waals surface area contributed by atoms with Gasteiger partial charge in [0, 0.05) is 18.7 Å². The maximum atomic E-state index is 13.5. The zero-order chi connectivity index (χ0) is 14.1. The summed E-state index contributed by atoms with van der Waals surface area (Å²) in [5.41, 5.74) is 0.409. The van der Waals surface area contributed by atoms with Crippen LogP contribution in [0.15, 0.2) is 18.2 Å². The SMILES string of the molecule is CCOCCNC(=O)c1cc(C#CCO)ccc1F. The summed E-state index contributed by atoms with van der Waals surface area (Å²) < 4.78 is 18.6. The third-order valence-electron chi connectivity index (χ3n) is 2.26. The fourth-order valence-electron chi connectivity index (χ4n) is 1.39. The molecule has 0 saturated heterocycles. The number of rotatable bonds is 5. The van der Waals surface area contributed by atoms with Gasteiger partial charge in [-0.05, 0) is 25.1 Å². The van der Waals surface area contributed by atoms with Gasteiger partial charge < -0.3 is 15.2 Å². The van der Waals surface area contributed by atoms with Gasteiger partial charge in [0.15, 0.2) is 0 Å². The van der Waals surface area contributed by atoms with E-state index in [1.807, 2.05) is 6.92 Å². The monoisotopic (exact) mass is 265 g/mol. The Morgan fingerprint density at radius 2 is 2.32 bits per heavy atom. The molecule has 0 spiro atoms. The van der Waals surface area contributed by atoms with Crippen molar-refractivity contribution in [2.75, 3.05) is 26.4 Å². The molecule has 0 aliphatic rings. The summed E-state index contributed by atoms with van der Waals surface area (Å²) in [6.07, 6.45) is 0. The van der Waals surface area contributed by atoms with Gasteiger partial charge in [0.2, 0.25) is 0 Å². The highest BCUT2D eigenvalue weighted by Crippen LogP contribution is 2.09. The fraction of sp³-hybridized carbons (Fsp3) is 0.357. The van der Waals surface area contributed by atoms with E-state index < -0.39 is 11.7 Å². The van der Waals surface area contributed by atoms with Crippen LogP contribution in [-0.2, 0) is 4.74 Å². The Kier molecular flexibility index (Phi) is 6.58. The van der Waals surface area contributed by atoms with Crippen LogP contribution in [0.5, 0.6) is 0 Å². The van der Waals surface area contributed by atoms with E-state index in [0.29, 0.717) is 25.3 Å². The Balaban J connectivity index is 2.72. The summed E-state index contributed by atoms with van der Waals surface area (Å²) in [4.78, 5) is 11.8. The van der Waals surface area contributed by atoms with Crippen LogP contribution in [0.25, 0.3) is 0 Å². The second-order valence-electron chi connectivity index (χ2n) is 3.61. The number of aliphatic hydroxyl groups is 1. The molecule has 5 heteroatoms. The number of benzene rings is 1. The lowest BCUT2D eigenvalue weighted by Crippen LogP contribution is -2.28. The third-order valence-corrected chi connectivity index (χ3v) is 2.26. The normalized spacial score (nSPS) is 9.63. The van der Waals surface area contributed by atoms with E-state index in [9.17, 15) is 9.18 Å². The van der Waals surface area contributed by atoms with E-state index in [-0.39, 0.29) is 12.2 Å². The average Bonchev–Trinajstić information content (AvgIpc) is 2.42. The molecule has 0 radical (unpaired) electrons. The lowest BCUT2D eigenvalue weighted by molar-refractivity contribution is 0.0918. The topological polar surface area (TPSA) is 58.6 Å². The van der Waals surface area contributed by atoms with E-state index in [1.165, 1.54) is 18.2 Å².